The minimum Gasteiger partial charge on any atom is -0.449 e. The largest absolute Gasteiger partial charge is 0.449 e. The molecule has 0 saturated heterocycles. The van der Waals surface area contributed by atoms with Crippen molar-refractivity contribution in [2.24, 2.45) is 0 Å². The molecule has 0 spiro atoms. The van der Waals surface area contributed by atoms with Crippen molar-refractivity contribution >= 4 is 17.7 Å². The van der Waals surface area contributed by atoms with Crippen molar-refractivity contribution in [2.45, 2.75) is 47.1 Å². The lowest BCUT2D eigenvalue weighted by Gasteiger charge is -2.17. The lowest BCUT2D eigenvalue weighted by molar-refractivity contribution is -0.124. The maximum atomic E-state index is 12.5. The highest BCUT2D eigenvalue weighted by molar-refractivity contribution is 5.98. The zero-order valence-electron chi connectivity index (χ0n) is 14.6. The molecule has 24 heavy (non-hydrogen) atoms. The van der Waals surface area contributed by atoms with Crippen molar-refractivity contribution in [1.29, 1.82) is 0 Å². The average Bonchev–Trinajstić information content (AvgIpc) is 2.88. The van der Waals surface area contributed by atoms with Gasteiger partial charge in [0.2, 0.25) is 0 Å². The second kappa shape index (κ2) is 7.29. The predicted octanol–water partition coefficient (Wildman–Crippen LogP) is 3.48. The summed E-state index contributed by atoms with van der Waals surface area (Å²) >= 11 is 0. The fraction of sp³-hybridized carbons (Fsp3) is 0.389. The molecule has 1 unspecified atom stereocenters. The smallest absolute Gasteiger partial charge is 0.339 e. The van der Waals surface area contributed by atoms with Crippen LogP contribution in [0.5, 0.6) is 0 Å². The summed E-state index contributed by atoms with van der Waals surface area (Å²) in [6.07, 6.45) is -0.534. The third-order valence-electron chi connectivity index (χ3n) is 3.67. The fourth-order valence-electron chi connectivity index (χ4n) is 2.64. The summed E-state index contributed by atoms with van der Waals surface area (Å²) in [5.74, 6) is -0.0409. The summed E-state index contributed by atoms with van der Waals surface area (Å²) in [4.78, 5) is 24.8. The number of esters is 1. The van der Waals surface area contributed by atoms with Gasteiger partial charge in [-0.2, -0.15) is 0 Å². The van der Waals surface area contributed by atoms with Crippen LogP contribution in [0.1, 0.15) is 46.2 Å². The molecule has 0 aliphatic heterocycles. The van der Waals surface area contributed by atoms with Gasteiger partial charge in [-0.3, -0.25) is 4.79 Å². The molecule has 1 aromatic heterocycles. The van der Waals surface area contributed by atoms with Crippen LogP contribution in [0.3, 0.4) is 0 Å². The Morgan fingerprint density at radius 3 is 2.29 bits per heavy atom. The summed E-state index contributed by atoms with van der Waals surface area (Å²) < 4.78 is 10.3. The summed E-state index contributed by atoms with van der Waals surface area (Å²) in [6.45, 7) is 9.19. The molecule has 1 heterocycles. The lowest BCUT2D eigenvalue weighted by atomic mass is 10.00. The zero-order valence-corrected chi connectivity index (χ0v) is 14.6. The standard InChI is InChI=1S/C18H22N2O4/c1-6-14(17(21)19-15-9-13(5)24-20-15)23-18(22)16-11(3)7-10(2)8-12(16)4/h7-9,14H,6H2,1-5H3,(H,19,20,21). The zero-order chi connectivity index (χ0) is 17.9. The van der Waals surface area contributed by atoms with E-state index < -0.39 is 18.0 Å². The van der Waals surface area contributed by atoms with Crippen LogP contribution in [-0.4, -0.2) is 23.1 Å². The monoisotopic (exact) mass is 330 g/mol. The van der Waals surface area contributed by atoms with Crippen LogP contribution in [-0.2, 0) is 9.53 Å². The number of carbonyl (C=O) groups is 2. The van der Waals surface area contributed by atoms with Gasteiger partial charge >= 0.3 is 5.97 Å². The Balaban J connectivity index is 2.12. The van der Waals surface area contributed by atoms with Gasteiger partial charge in [-0.05, 0) is 45.2 Å². The molecule has 0 bridgehead atoms. The van der Waals surface area contributed by atoms with Gasteiger partial charge in [-0.1, -0.05) is 29.8 Å². The van der Waals surface area contributed by atoms with Crippen molar-refractivity contribution in [2.75, 3.05) is 5.32 Å². The average molecular weight is 330 g/mol. The van der Waals surface area contributed by atoms with Gasteiger partial charge in [0.1, 0.15) is 5.76 Å². The van der Waals surface area contributed by atoms with Crippen LogP contribution >= 0.6 is 0 Å². The molecule has 1 amide bonds. The lowest BCUT2D eigenvalue weighted by Crippen LogP contribution is -2.32. The number of aromatic nitrogens is 1. The first-order chi connectivity index (χ1) is 11.3. The van der Waals surface area contributed by atoms with Crippen LogP contribution in [0.2, 0.25) is 0 Å². The van der Waals surface area contributed by atoms with Gasteiger partial charge in [0.15, 0.2) is 11.9 Å². The third kappa shape index (κ3) is 4.01. The number of amides is 1. The molecule has 0 saturated carbocycles. The maximum Gasteiger partial charge on any atom is 0.339 e. The van der Waals surface area contributed by atoms with Gasteiger partial charge < -0.3 is 14.6 Å². The Morgan fingerprint density at radius 2 is 1.79 bits per heavy atom. The molecule has 1 N–H and O–H groups in total. The van der Waals surface area contributed by atoms with Gasteiger partial charge in [-0.25, -0.2) is 4.79 Å². The highest BCUT2D eigenvalue weighted by Crippen LogP contribution is 2.19. The fourth-order valence-corrected chi connectivity index (χ4v) is 2.64. The third-order valence-corrected chi connectivity index (χ3v) is 3.67. The van der Waals surface area contributed by atoms with E-state index in [1.165, 1.54) is 0 Å². The molecule has 6 heteroatoms. The summed E-state index contributed by atoms with van der Waals surface area (Å²) in [5, 5.41) is 6.29. The number of nitrogens with one attached hydrogen (secondary N) is 1. The maximum absolute atomic E-state index is 12.5. The molecule has 128 valence electrons. The highest BCUT2D eigenvalue weighted by atomic mass is 16.5. The first kappa shape index (κ1) is 17.7. The van der Waals surface area contributed by atoms with E-state index in [9.17, 15) is 9.59 Å². The molecule has 1 aromatic carbocycles. The number of aryl methyl sites for hydroxylation is 4. The van der Waals surface area contributed by atoms with Crippen LogP contribution in [0, 0.1) is 27.7 Å². The number of rotatable bonds is 5. The van der Waals surface area contributed by atoms with E-state index in [0.29, 0.717) is 23.6 Å². The van der Waals surface area contributed by atoms with Crippen molar-refractivity contribution in [3.63, 3.8) is 0 Å². The van der Waals surface area contributed by atoms with Crippen LogP contribution in [0.15, 0.2) is 22.7 Å². The number of carbonyl (C=O) groups excluding carboxylic acids is 2. The Labute approximate surface area is 141 Å². The molecule has 1 atom stereocenters. The van der Waals surface area contributed by atoms with Crippen LogP contribution < -0.4 is 5.32 Å². The minimum atomic E-state index is -0.894. The second-order valence-electron chi connectivity index (χ2n) is 5.89. The highest BCUT2D eigenvalue weighted by Gasteiger charge is 2.24. The van der Waals surface area contributed by atoms with Gasteiger partial charge in [0, 0.05) is 6.07 Å². The first-order valence-corrected chi connectivity index (χ1v) is 7.84. The van der Waals surface area contributed by atoms with Crippen LogP contribution in [0.4, 0.5) is 5.82 Å². The Morgan fingerprint density at radius 1 is 1.17 bits per heavy atom. The SMILES string of the molecule is CCC(OC(=O)c1c(C)cc(C)cc1C)C(=O)Nc1cc(C)on1. The van der Waals surface area contributed by atoms with E-state index >= 15 is 0 Å². The molecule has 0 aliphatic rings. The molecule has 0 aliphatic carbocycles. The van der Waals surface area contributed by atoms with Crippen LogP contribution in [0.25, 0.3) is 0 Å². The molecule has 2 rings (SSSR count). The quantitative estimate of drug-likeness (QED) is 0.849. The second-order valence-corrected chi connectivity index (χ2v) is 5.89. The first-order valence-electron chi connectivity index (χ1n) is 7.84. The number of hydrogen-bond donors (Lipinski definition) is 1. The van der Waals surface area contributed by atoms with E-state index in [1.807, 2.05) is 32.9 Å². The summed E-state index contributed by atoms with van der Waals surface area (Å²) in [6, 6.07) is 5.44. The van der Waals surface area contributed by atoms with Gasteiger partial charge in [-0.15, -0.1) is 0 Å². The van der Waals surface area contributed by atoms with Gasteiger partial charge in [0.25, 0.3) is 5.91 Å². The van der Waals surface area contributed by atoms with Crippen molar-refractivity contribution < 1.29 is 18.8 Å². The van der Waals surface area contributed by atoms with E-state index in [-0.39, 0.29) is 0 Å². The Kier molecular flexibility index (Phi) is 5.39. The number of ether oxygens (including phenoxy) is 1. The molecule has 0 radical (unpaired) electrons. The summed E-state index contributed by atoms with van der Waals surface area (Å²) in [7, 11) is 0. The number of hydrogen-bond acceptors (Lipinski definition) is 5. The van der Waals surface area contributed by atoms with Crippen molar-refractivity contribution in [1.82, 2.24) is 5.16 Å². The molecule has 6 nitrogen and oxygen atoms in total. The molecule has 2 aromatic rings. The minimum absolute atomic E-state index is 0.301. The normalized spacial score (nSPS) is 11.9. The number of nitrogens with zero attached hydrogens (tertiary/aromatic N) is 1. The Bertz CT molecular complexity index is 741. The van der Waals surface area contributed by atoms with Gasteiger partial charge in [0.05, 0.1) is 5.56 Å². The molecular formula is C18H22N2O4. The van der Waals surface area contributed by atoms with E-state index in [4.69, 9.17) is 9.26 Å². The number of benzene rings is 1. The van der Waals surface area contributed by atoms with E-state index in [2.05, 4.69) is 10.5 Å². The molecule has 0 fully saturated rings. The molecular weight excluding hydrogens is 308 g/mol. The van der Waals surface area contributed by atoms with Crippen molar-refractivity contribution in [3.8, 4) is 0 Å². The number of anilines is 1. The predicted molar refractivity (Wildman–Crippen MR) is 90.0 cm³/mol. The van der Waals surface area contributed by atoms with E-state index in [1.54, 1.807) is 19.9 Å². The van der Waals surface area contributed by atoms with E-state index in [0.717, 1.165) is 16.7 Å². The summed E-state index contributed by atoms with van der Waals surface area (Å²) in [5.41, 5.74) is 3.25. The topological polar surface area (TPSA) is 81.4 Å². The Hall–Kier alpha value is -2.63. The van der Waals surface area contributed by atoms with Crippen molar-refractivity contribution in [3.05, 3.63) is 46.2 Å².